The van der Waals surface area contributed by atoms with Crippen molar-refractivity contribution in [1.82, 2.24) is 0 Å². The van der Waals surface area contributed by atoms with Crippen LogP contribution in [0, 0.1) is 5.82 Å². The van der Waals surface area contributed by atoms with Crippen LogP contribution in [0.3, 0.4) is 0 Å². The zero-order valence-corrected chi connectivity index (χ0v) is 13.3. The van der Waals surface area contributed by atoms with Crippen molar-refractivity contribution in [3.63, 3.8) is 0 Å². The van der Waals surface area contributed by atoms with Crippen molar-refractivity contribution >= 4 is 27.8 Å². The Morgan fingerprint density at radius 2 is 2.09 bits per heavy atom. The third-order valence-corrected chi connectivity index (χ3v) is 5.31. The van der Waals surface area contributed by atoms with Crippen molar-refractivity contribution in [1.29, 1.82) is 0 Å². The van der Waals surface area contributed by atoms with Gasteiger partial charge in [-0.25, -0.2) is 17.6 Å². The van der Waals surface area contributed by atoms with Gasteiger partial charge in [0.2, 0.25) is 10.0 Å². The van der Waals surface area contributed by atoms with Crippen molar-refractivity contribution in [3.8, 4) is 0 Å². The number of carbonyl (C=O) groups is 1. The Labute approximate surface area is 129 Å². The first-order valence-electron chi connectivity index (χ1n) is 6.95. The van der Waals surface area contributed by atoms with E-state index in [0.717, 1.165) is 11.4 Å². The summed E-state index contributed by atoms with van der Waals surface area (Å²) < 4.78 is 44.6. The van der Waals surface area contributed by atoms with E-state index in [0.29, 0.717) is 18.4 Å². The highest BCUT2D eigenvalue weighted by Gasteiger charge is 2.30. The van der Waals surface area contributed by atoms with E-state index in [1.54, 1.807) is 19.1 Å². The molecule has 1 saturated heterocycles. The predicted octanol–water partition coefficient (Wildman–Crippen LogP) is 2.58. The number of hydrogen-bond acceptors (Lipinski definition) is 4. The number of carbonyl (C=O) groups excluding carboxylic acids is 1. The third-order valence-electron chi connectivity index (χ3n) is 3.46. The second kappa shape index (κ2) is 6.48. The molecule has 1 heterocycles. The number of hydrogen-bond donors (Lipinski definition) is 0. The van der Waals surface area contributed by atoms with E-state index < -0.39 is 21.8 Å². The molecule has 0 unspecified atom stereocenters. The fourth-order valence-corrected chi connectivity index (χ4v) is 4.05. The summed E-state index contributed by atoms with van der Waals surface area (Å²) >= 11 is 0. The van der Waals surface area contributed by atoms with Crippen molar-refractivity contribution < 1.29 is 22.3 Å². The van der Waals surface area contributed by atoms with Gasteiger partial charge in [-0.15, -0.1) is 0 Å². The molecule has 5 nitrogen and oxygen atoms in total. The number of methoxy groups -OCH3 is 1. The van der Waals surface area contributed by atoms with Crippen LogP contribution in [0.4, 0.5) is 10.1 Å². The molecule has 0 bridgehead atoms. The standard InChI is InChI=1S/C15H18FNO4S/c1-3-6-11-9-12(15(18)21-2)14(16)13(10-11)17-7-4-5-8-22(17,19)20/h3,6,9-10H,4-5,7-8H2,1-2H3/b6-3+. The average molecular weight is 327 g/mol. The fourth-order valence-electron chi connectivity index (χ4n) is 2.42. The van der Waals surface area contributed by atoms with Gasteiger partial charge in [0.05, 0.1) is 24.1 Å². The molecule has 1 aromatic carbocycles. The maximum Gasteiger partial charge on any atom is 0.340 e. The Kier molecular flexibility index (Phi) is 4.85. The second-order valence-electron chi connectivity index (χ2n) is 4.99. The fraction of sp³-hybridized carbons (Fsp3) is 0.400. The summed E-state index contributed by atoms with van der Waals surface area (Å²) in [6.45, 7) is 1.98. The van der Waals surface area contributed by atoms with Crippen LogP contribution in [-0.4, -0.2) is 33.8 Å². The molecule has 0 aromatic heterocycles. The number of benzene rings is 1. The number of anilines is 1. The van der Waals surface area contributed by atoms with E-state index in [-0.39, 0.29) is 23.5 Å². The van der Waals surface area contributed by atoms with Crippen LogP contribution in [0.5, 0.6) is 0 Å². The molecule has 1 aliphatic heterocycles. The molecular weight excluding hydrogens is 309 g/mol. The van der Waals surface area contributed by atoms with Gasteiger partial charge >= 0.3 is 5.97 Å². The number of ether oxygens (including phenoxy) is 1. The number of rotatable bonds is 3. The lowest BCUT2D eigenvalue weighted by Crippen LogP contribution is -2.38. The van der Waals surface area contributed by atoms with E-state index in [2.05, 4.69) is 4.74 Å². The normalized spacial score (nSPS) is 17.7. The quantitative estimate of drug-likeness (QED) is 0.801. The minimum absolute atomic E-state index is 0.0200. The molecule has 2 rings (SSSR count). The van der Waals surface area contributed by atoms with Gasteiger partial charge in [0.15, 0.2) is 5.82 Å². The molecule has 0 atom stereocenters. The minimum Gasteiger partial charge on any atom is -0.465 e. The van der Waals surface area contributed by atoms with Gasteiger partial charge in [-0.1, -0.05) is 12.2 Å². The first-order chi connectivity index (χ1) is 10.4. The molecule has 0 amide bonds. The summed E-state index contributed by atoms with van der Waals surface area (Å²) in [6.07, 6.45) is 4.60. The van der Waals surface area contributed by atoms with Crippen molar-refractivity contribution in [3.05, 3.63) is 35.2 Å². The highest BCUT2D eigenvalue weighted by atomic mass is 32.2. The zero-order valence-electron chi connectivity index (χ0n) is 12.5. The molecule has 1 fully saturated rings. The summed E-state index contributed by atoms with van der Waals surface area (Å²) in [5.41, 5.74) is 0.171. The number of halogens is 1. The van der Waals surface area contributed by atoms with Gasteiger partial charge in [0, 0.05) is 6.54 Å². The van der Waals surface area contributed by atoms with Gasteiger partial charge in [0.25, 0.3) is 0 Å². The van der Waals surface area contributed by atoms with Crippen molar-refractivity contribution in [2.24, 2.45) is 0 Å². The highest BCUT2D eigenvalue weighted by molar-refractivity contribution is 7.92. The lowest BCUT2D eigenvalue weighted by Gasteiger charge is -2.29. The van der Waals surface area contributed by atoms with Crippen LogP contribution < -0.4 is 4.31 Å². The molecule has 0 saturated carbocycles. The van der Waals surface area contributed by atoms with E-state index in [1.165, 1.54) is 12.1 Å². The van der Waals surface area contributed by atoms with Crippen LogP contribution in [-0.2, 0) is 14.8 Å². The molecule has 0 spiro atoms. The average Bonchev–Trinajstić information content (AvgIpc) is 2.48. The first-order valence-corrected chi connectivity index (χ1v) is 8.56. The molecule has 7 heteroatoms. The number of allylic oxidation sites excluding steroid dienone is 1. The van der Waals surface area contributed by atoms with Crippen LogP contribution in [0.15, 0.2) is 18.2 Å². The number of esters is 1. The van der Waals surface area contributed by atoms with Gasteiger partial charge in [0.1, 0.15) is 0 Å². The zero-order chi connectivity index (χ0) is 16.3. The maximum atomic E-state index is 14.6. The Morgan fingerprint density at radius 3 is 2.68 bits per heavy atom. The van der Waals surface area contributed by atoms with Gasteiger partial charge in [-0.05, 0) is 37.5 Å². The molecule has 1 aliphatic rings. The molecular formula is C15H18FNO4S. The SMILES string of the molecule is C/C=C/c1cc(C(=O)OC)c(F)c(N2CCCCS2(=O)=O)c1. The molecule has 0 aliphatic carbocycles. The van der Waals surface area contributed by atoms with Gasteiger partial charge in [-0.3, -0.25) is 4.31 Å². The van der Waals surface area contributed by atoms with E-state index in [4.69, 9.17) is 0 Å². The van der Waals surface area contributed by atoms with Crippen LogP contribution in [0.2, 0.25) is 0 Å². The van der Waals surface area contributed by atoms with Crippen molar-refractivity contribution in [2.75, 3.05) is 23.7 Å². The highest BCUT2D eigenvalue weighted by Crippen LogP contribution is 2.30. The molecule has 0 N–H and O–H groups in total. The number of nitrogens with zero attached hydrogens (tertiary/aromatic N) is 1. The predicted molar refractivity (Wildman–Crippen MR) is 82.8 cm³/mol. The summed E-state index contributed by atoms with van der Waals surface area (Å²) in [5, 5.41) is 0. The Hall–Kier alpha value is -1.89. The lowest BCUT2D eigenvalue weighted by atomic mass is 10.1. The van der Waals surface area contributed by atoms with Gasteiger partial charge in [-0.2, -0.15) is 0 Å². The van der Waals surface area contributed by atoms with E-state index in [1.807, 2.05) is 0 Å². The largest absolute Gasteiger partial charge is 0.465 e. The molecule has 22 heavy (non-hydrogen) atoms. The van der Waals surface area contributed by atoms with Crippen LogP contribution in [0.1, 0.15) is 35.7 Å². The molecule has 0 radical (unpaired) electrons. The summed E-state index contributed by atoms with van der Waals surface area (Å²) in [7, 11) is -2.41. The minimum atomic E-state index is -3.56. The maximum absolute atomic E-state index is 14.6. The molecule has 1 aromatic rings. The Balaban J connectivity index is 2.63. The van der Waals surface area contributed by atoms with Gasteiger partial charge < -0.3 is 4.74 Å². The van der Waals surface area contributed by atoms with Crippen LogP contribution in [0.25, 0.3) is 6.08 Å². The first kappa shape index (κ1) is 16.5. The lowest BCUT2D eigenvalue weighted by molar-refractivity contribution is 0.0595. The molecule has 120 valence electrons. The smallest absolute Gasteiger partial charge is 0.340 e. The van der Waals surface area contributed by atoms with Crippen LogP contribution >= 0.6 is 0 Å². The topological polar surface area (TPSA) is 63.7 Å². The Morgan fingerprint density at radius 1 is 1.36 bits per heavy atom. The summed E-state index contributed by atoms with van der Waals surface area (Å²) in [4.78, 5) is 11.7. The monoisotopic (exact) mass is 327 g/mol. The summed E-state index contributed by atoms with van der Waals surface area (Å²) in [6, 6.07) is 2.78. The summed E-state index contributed by atoms with van der Waals surface area (Å²) in [5.74, 6) is -1.72. The van der Waals surface area contributed by atoms with E-state index in [9.17, 15) is 17.6 Å². The number of sulfonamides is 1. The second-order valence-corrected chi connectivity index (χ2v) is 7.00. The van der Waals surface area contributed by atoms with Crippen molar-refractivity contribution in [2.45, 2.75) is 19.8 Å². The third kappa shape index (κ3) is 3.14. The van der Waals surface area contributed by atoms with E-state index >= 15 is 0 Å². The Bertz CT molecular complexity index is 712.